The third-order valence-corrected chi connectivity index (χ3v) is 3.19. The minimum atomic E-state index is -0.218. The lowest BCUT2D eigenvalue weighted by Crippen LogP contribution is -2.40. The number of rotatable bonds is 7. The summed E-state index contributed by atoms with van der Waals surface area (Å²) in [5.41, 5.74) is 0. The number of hydrogen-bond donors (Lipinski definition) is 0. The van der Waals surface area contributed by atoms with Crippen LogP contribution in [0.5, 0.6) is 0 Å². The van der Waals surface area contributed by atoms with Crippen molar-refractivity contribution in [2.24, 2.45) is 5.92 Å². The van der Waals surface area contributed by atoms with Crippen LogP contribution in [0.3, 0.4) is 0 Å². The molecule has 0 bridgehead atoms. The number of esters is 1. The molecule has 1 saturated carbocycles. The summed E-state index contributed by atoms with van der Waals surface area (Å²) in [6.07, 6.45) is 3.23. The van der Waals surface area contributed by atoms with E-state index in [-0.39, 0.29) is 23.8 Å². The van der Waals surface area contributed by atoms with E-state index in [1.165, 1.54) is 0 Å². The van der Waals surface area contributed by atoms with Gasteiger partial charge in [-0.15, -0.1) is 0 Å². The summed E-state index contributed by atoms with van der Waals surface area (Å²) < 4.78 is 4.88. The average molecular weight is 241 g/mol. The smallest absolute Gasteiger partial charge is 0.307 e. The van der Waals surface area contributed by atoms with Crippen LogP contribution in [0.4, 0.5) is 0 Å². The van der Waals surface area contributed by atoms with Gasteiger partial charge < -0.3 is 9.64 Å². The van der Waals surface area contributed by atoms with Gasteiger partial charge in [-0.25, -0.2) is 0 Å². The Morgan fingerprint density at radius 3 is 2.47 bits per heavy atom. The second kappa shape index (κ2) is 6.62. The van der Waals surface area contributed by atoms with Gasteiger partial charge in [-0.05, 0) is 33.1 Å². The molecule has 17 heavy (non-hydrogen) atoms. The molecule has 1 unspecified atom stereocenters. The molecule has 0 N–H and O–H groups in total. The predicted octanol–water partition coefficient (Wildman–Crippen LogP) is 1.98. The molecule has 0 spiro atoms. The van der Waals surface area contributed by atoms with Crippen LogP contribution in [0.2, 0.25) is 0 Å². The van der Waals surface area contributed by atoms with Crippen molar-refractivity contribution in [2.75, 3.05) is 13.2 Å². The first-order chi connectivity index (χ1) is 8.10. The van der Waals surface area contributed by atoms with Crippen molar-refractivity contribution in [3.8, 4) is 0 Å². The highest BCUT2D eigenvalue weighted by atomic mass is 16.5. The molecule has 0 aromatic rings. The summed E-state index contributed by atoms with van der Waals surface area (Å²) in [4.78, 5) is 25.2. The summed E-state index contributed by atoms with van der Waals surface area (Å²) in [6.45, 7) is 6.77. The normalized spacial score (nSPS) is 16.4. The highest BCUT2D eigenvalue weighted by Crippen LogP contribution is 2.31. The van der Waals surface area contributed by atoms with Crippen LogP contribution in [0.25, 0.3) is 0 Å². The molecule has 0 aromatic heterocycles. The zero-order valence-electron chi connectivity index (χ0n) is 11.1. The number of nitrogens with zero attached hydrogens (tertiary/aromatic N) is 1. The van der Waals surface area contributed by atoms with E-state index < -0.39 is 0 Å². The van der Waals surface area contributed by atoms with Crippen LogP contribution < -0.4 is 0 Å². The first kappa shape index (κ1) is 14.0. The van der Waals surface area contributed by atoms with Gasteiger partial charge in [0.2, 0.25) is 5.91 Å². The molecule has 0 aromatic carbocycles. The van der Waals surface area contributed by atoms with E-state index in [0.717, 1.165) is 19.3 Å². The van der Waals surface area contributed by atoms with E-state index in [9.17, 15) is 9.59 Å². The van der Waals surface area contributed by atoms with E-state index >= 15 is 0 Å². The van der Waals surface area contributed by atoms with Gasteiger partial charge >= 0.3 is 5.97 Å². The Labute approximate surface area is 103 Å². The van der Waals surface area contributed by atoms with Gasteiger partial charge in [0, 0.05) is 18.5 Å². The van der Waals surface area contributed by atoms with Crippen molar-refractivity contribution in [2.45, 2.75) is 52.5 Å². The zero-order chi connectivity index (χ0) is 12.8. The van der Waals surface area contributed by atoms with E-state index in [2.05, 4.69) is 6.92 Å². The fourth-order valence-electron chi connectivity index (χ4n) is 1.78. The van der Waals surface area contributed by atoms with Crippen molar-refractivity contribution in [3.63, 3.8) is 0 Å². The summed E-state index contributed by atoms with van der Waals surface area (Å²) in [7, 11) is 0. The lowest BCUT2D eigenvalue weighted by Gasteiger charge is -2.28. The van der Waals surface area contributed by atoms with Gasteiger partial charge in [0.05, 0.1) is 13.0 Å². The Balaban J connectivity index is 2.45. The van der Waals surface area contributed by atoms with E-state index in [0.29, 0.717) is 19.6 Å². The first-order valence-electron chi connectivity index (χ1n) is 6.56. The average Bonchev–Trinajstić information content (AvgIpc) is 3.12. The largest absolute Gasteiger partial charge is 0.466 e. The Bertz CT molecular complexity index is 274. The van der Waals surface area contributed by atoms with Gasteiger partial charge in [-0.3, -0.25) is 9.59 Å². The maximum Gasteiger partial charge on any atom is 0.307 e. The van der Waals surface area contributed by atoms with Crippen LogP contribution in [-0.4, -0.2) is 36.0 Å². The Morgan fingerprint density at radius 1 is 1.35 bits per heavy atom. The molecule has 4 nitrogen and oxygen atoms in total. The minimum Gasteiger partial charge on any atom is -0.466 e. The van der Waals surface area contributed by atoms with Gasteiger partial charge in [-0.1, -0.05) is 6.92 Å². The van der Waals surface area contributed by atoms with Gasteiger partial charge in [0.1, 0.15) is 0 Å². The lowest BCUT2D eigenvalue weighted by atomic mass is 10.2. The lowest BCUT2D eigenvalue weighted by molar-refractivity contribution is -0.144. The predicted molar refractivity (Wildman–Crippen MR) is 65.4 cm³/mol. The van der Waals surface area contributed by atoms with Crippen molar-refractivity contribution in [3.05, 3.63) is 0 Å². The van der Waals surface area contributed by atoms with E-state index in [1.807, 2.05) is 11.8 Å². The van der Waals surface area contributed by atoms with Gasteiger partial charge in [-0.2, -0.15) is 0 Å². The maximum absolute atomic E-state index is 12.1. The van der Waals surface area contributed by atoms with Crippen molar-refractivity contribution in [1.82, 2.24) is 4.90 Å². The molecule has 4 heteroatoms. The number of carbonyl (C=O) groups excluding carboxylic acids is 2. The van der Waals surface area contributed by atoms with Crippen molar-refractivity contribution >= 4 is 11.9 Å². The second-order valence-electron chi connectivity index (χ2n) is 4.62. The topological polar surface area (TPSA) is 46.6 Å². The fraction of sp³-hybridized carbons (Fsp3) is 0.846. The summed E-state index contributed by atoms with van der Waals surface area (Å²) in [5.74, 6) is 0.208. The van der Waals surface area contributed by atoms with Crippen LogP contribution in [0, 0.1) is 5.92 Å². The molecule has 0 aliphatic heterocycles. The number of ether oxygens (including phenoxy) is 1. The molecular formula is C13H23NO3. The summed E-state index contributed by atoms with van der Waals surface area (Å²) in [6, 6.07) is 0.206. The zero-order valence-corrected chi connectivity index (χ0v) is 11.1. The van der Waals surface area contributed by atoms with Crippen LogP contribution in [0.15, 0.2) is 0 Å². The van der Waals surface area contributed by atoms with Gasteiger partial charge in [0.25, 0.3) is 0 Å². The summed E-state index contributed by atoms with van der Waals surface area (Å²) in [5, 5.41) is 0. The van der Waals surface area contributed by atoms with Crippen molar-refractivity contribution < 1.29 is 14.3 Å². The molecule has 0 saturated heterocycles. The molecule has 0 heterocycles. The Kier molecular flexibility index (Phi) is 5.45. The highest BCUT2D eigenvalue weighted by Gasteiger charge is 2.34. The molecule has 1 atom stereocenters. The molecule has 0 radical (unpaired) electrons. The number of amides is 1. The third-order valence-electron chi connectivity index (χ3n) is 3.19. The molecule has 1 fully saturated rings. The SMILES string of the molecule is CCOC(=O)CCN(C(=O)C1CC1)C(C)CC. The van der Waals surface area contributed by atoms with E-state index in [4.69, 9.17) is 4.74 Å². The highest BCUT2D eigenvalue weighted by molar-refractivity contribution is 5.82. The minimum absolute atomic E-state index is 0.206. The Hall–Kier alpha value is -1.06. The van der Waals surface area contributed by atoms with Gasteiger partial charge in [0.15, 0.2) is 0 Å². The number of hydrogen-bond acceptors (Lipinski definition) is 3. The summed E-state index contributed by atoms with van der Waals surface area (Å²) >= 11 is 0. The molecule has 1 amide bonds. The first-order valence-corrected chi connectivity index (χ1v) is 6.56. The molecule has 98 valence electrons. The van der Waals surface area contributed by atoms with E-state index in [1.54, 1.807) is 6.92 Å². The molecule has 1 aliphatic rings. The monoisotopic (exact) mass is 241 g/mol. The van der Waals surface area contributed by atoms with Crippen LogP contribution >= 0.6 is 0 Å². The number of carbonyl (C=O) groups is 2. The third kappa shape index (κ3) is 4.36. The molecular weight excluding hydrogens is 218 g/mol. The second-order valence-corrected chi connectivity index (χ2v) is 4.62. The van der Waals surface area contributed by atoms with Crippen LogP contribution in [-0.2, 0) is 14.3 Å². The fourth-order valence-corrected chi connectivity index (χ4v) is 1.78. The molecule has 1 rings (SSSR count). The van der Waals surface area contributed by atoms with Crippen LogP contribution in [0.1, 0.15) is 46.5 Å². The Morgan fingerprint density at radius 2 is 2.00 bits per heavy atom. The quantitative estimate of drug-likeness (QED) is 0.640. The standard InChI is InChI=1S/C13H23NO3/c1-4-10(3)14(13(16)11-6-7-11)9-8-12(15)17-5-2/h10-11H,4-9H2,1-3H3. The maximum atomic E-state index is 12.1. The molecule has 1 aliphatic carbocycles. The van der Waals surface area contributed by atoms with Crippen molar-refractivity contribution in [1.29, 1.82) is 0 Å².